The Hall–Kier alpha value is -1.77. The smallest absolute Gasteiger partial charge is 0.243 e. The first-order valence-electron chi connectivity index (χ1n) is 9.80. The molecule has 0 radical (unpaired) electrons. The van der Waals surface area contributed by atoms with Gasteiger partial charge in [0.15, 0.2) is 0 Å². The minimum Gasteiger partial charge on any atom is -0.340 e. The number of rotatable bonds is 4. The van der Waals surface area contributed by atoms with E-state index in [1.165, 1.54) is 15.6 Å². The Labute approximate surface area is 177 Å². The number of hydrogen-bond acceptors (Lipinski definition) is 5. The topological polar surface area (TPSA) is 70.6 Å². The zero-order chi connectivity index (χ0) is 21.5. The molecule has 2 heterocycles. The predicted molar refractivity (Wildman–Crippen MR) is 116 cm³/mol. The van der Waals surface area contributed by atoms with Crippen LogP contribution < -0.4 is 0 Å². The van der Waals surface area contributed by atoms with Crippen molar-refractivity contribution in [2.75, 3.05) is 26.2 Å². The number of nitrogens with zero attached hydrogens (tertiary/aromatic N) is 3. The van der Waals surface area contributed by atoms with Crippen molar-refractivity contribution in [2.24, 2.45) is 0 Å². The maximum absolute atomic E-state index is 13.4. The fourth-order valence-electron chi connectivity index (χ4n) is 3.92. The molecule has 1 aliphatic heterocycles. The van der Waals surface area contributed by atoms with Crippen LogP contribution in [-0.2, 0) is 21.2 Å². The molecule has 29 heavy (non-hydrogen) atoms. The first-order chi connectivity index (χ1) is 13.5. The summed E-state index contributed by atoms with van der Waals surface area (Å²) >= 11 is 1.53. The number of carbonyl (C=O) groups is 1. The van der Waals surface area contributed by atoms with Crippen molar-refractivity contribution in [3.05, 3.63) is 43.9 Å². The van der Waals surface area contributed by atoms with Crippen molar-refractivity contribution < 1.29 is 13.2 Å². The van der Waals surface area contributed by atoms with E-state index in [1.807, 2.05) is 46.9 Å². The van der Waals surface area contributed by atoms with E-state index in [0.29, 0.717) is 31.1 Å². The molecule has 1 aromatic heterocycles. The molecule has 0 atom stereocenters. The van der Waals surface area contributed by atoms with Crippen LogP contribution in [-0.4, -0.2) is 54.7 Å². The Morgan fingerprint density at radius 1 is 0.931 bits per heavy atom. The Morgan fingerprint density at radius 3 is 1.93 bits per heavy atom. The maximum atomic E-state index is 13.4. The third kappa shape index (κ3) is 4.11. The van der Waals surface area contributed by atoms with Gasteiger partial charge in [0.1, 0.15) is 0 Å². The molecule has 8 heteroatoms. The zero-order valence-electron chi connectivity index (χ0n) is 18.0. The summed E-state index contributed by atoms with van der Waals surface area (Å²) in [4.78, 5) is 19.1. The normalized spacial score (nSPS) is 15.7. The van der Waals surface area contributed by atoms with Gasteiger partial charge in [0, 0.05) is 31.6 Å². The summed E-state index contributed by atoms with van der Waals surface area (Å²) in [6.07, 6.45) is 0.270. The number of sulfonamides is 1. The molecule has 0 saturated carbocycles. The zero-order valence-corrected chi connectivity index (χ0v) is 19.6. The third-order valence-corrected chi connectivity index (χ3v) is 9.11. The molecule has 0 spiro atoms. The number of hydrogen-bond donors (Lipinski definition) is 0. The molecule has 0 bridgehead atoms. The van der Waals surface area contributed by atoms with Crippen molar-refractivity contribution >= 4 is 27.3 Å². The van der Waals surface area contributed by atoms with E-state index < -0.39 is 10.0 Å². The van der Waals surface area contributed by atoms with Gasteiger partial charge in [0.2, 0.25) is 15.9 Å². The lowest BCUT2D eigenvalue weighted by Crippen LogP contribution is -2.51. The molecular formula is C21H29N3O3S2. The van der Waals surface area contributed by atoms with Crippen LogP contribution in [0.15, 0.2) is 10.3 Å². The highest BCUT2D eigenvalue weighted by atomic mass is 32.2. The molecule has 1 fully saturated rings. The van der Waals surface area contributed by atoms with Gasteiger partial charge in [-0.05, 0) is 69.4 Å². The standard InChI is InChI=1S/C21H29N3O3S2/c1-13-14(2)16(4)21(17(5)15(13)3)29(26,27)24-9-7-23(8-10-24)20(25)11-19-12-28-18(6)22-19/h12H,7-11H2,1-6H3. The van der Waals surface area contributed by atoms with Crippen molar-refractivity contribution in [1.29, 1.82) is 0 Å². The Balaban J connectivity index is 1.76. The average molecular weight is 436 g/mol. The second-order valence-electron chi connectivity index (χ2n) is 7.77. The van der Waals surface area contributed by atoms with Crippen LogP contribution >= 0.6 is 11.3 Å². The molecule has 3 rings (SSSR count). The number of aromatic nitrogens is 1. The van der Waals surface area contributed by atoms with Gasteiger partial charge in [0.25, 0.3) is 0 Å². The summed E-state index contributed by atoms with van der Waals surface area (Å²) in [5, 5.41) is 2.85. The second-order valence-corrected chi connectivity index (χ2v) is 10.7. The van der Waals surface area contributed by atoms with Crippen LogP contribution in [0.4, 0.5) is 0 Å². The van der Waals surface area contributed by atoms with E-state index in [2.05, 4.69) is 4.98 Å². The molecule has 0 aliphatic carbocycles. The Morgan fingerprint density at radius 2 is 1.45 bits per heavy atom. The number of amides is 1. The van der Waals surface area contributed by atoms with Crippen molar-refractivity contribution in [1.82, 2.24) is 14.2 Å². The Bertz CT molecular complexity index is 1020. The van der Waals surface area contributed by atoms with Gasteiger partial charge in [-0.15, -0.1) is 11.3 Å². The lowest BCUT2D eigenvalue weighted by atomic mass is 9.95. The number of piperazine rings is 1. The number of benzene rings is 1. The van der Waals surface area contributed by atoms with Gasteiger partial charge < -0.3 is 4.90 Å². The van der Waals surface area contributed by atoms with E-state index >= 15 is 0 Å². The highest BCUT2D eigenvalue weighted by Gasteiger charge is 2.33. The number of aryl methyl sites for hydroxylation is 1. The van der Waals surface area contributed by atoms with Crippen LogP contribution in [0.1, 0.15) is 38.5 Å². The van der Waals surface area contributed by atoms with Gasteiger partial charge in [-0.1, -0.05) is 0 Å². The van der Waals surface area contributed by atoms with Crippen LogP contribution in [0.25, 0.3) is 0 Å². The molecule has 6 nitrogen and oxygen atoms in total. The fourth-order valence-corrected chi connectivity index (χ4v) is 6.51. The van der Waals surface area contributed by atoms with Crippen molar-refractivity contribution in [2.45, 2.75) is 52.9 Å². The SMILES string of the molecule is Cc1nc(CC(=O)N2CCN(S(=O)(=O)c3c(C)c(C)c(C)c(C)c3C)CC2)cs1. The van der Waals surface area contributed by atoms with Crippen LogP contribution in [0, 0.1) is 41.5 Å². The quantitative estimate of drug-likeness (QED) is 0.740. The van der Waals surface area contributed by atoms with Gasteiger partial charge >= 0.3 is 0 Å². The molecule has 0 N–H and O–H groups in total. The van der Waals surface area contributed by atoms with Gasteiger partial charge in [-0.3, -0.25) is 4.79 Å². The molecule has 0 unspecified atom stereocenters. The lowest BCUT2D eigenvalue weighted by molar-refractivity contribution is -0.131. The highest BCUT2D eigenvalue weighted by Crippen LogP contribution is 2.32. The summed E-state index contributed by atoms with van der Waals surface area (Å²) in [5.41, 5.74) is 5.63. The summed E-state index contributed by atoms with van der Waals surface area (Å²) in [6.45, 7) is 13.1. The van der Waals surface area contributed by atoms with E-state index in [9.17, 15) is 13.2 Å². The maximum Gasteiger partial charge on any atom is 0.243 e. The minimum atomic E-state index is -3.61. The van der Waals surface area contributed by atoms with Crippen LogP contribution in [0.3, 0.4) is 0 Å². The summed E-state index contributed by atoms with van der Waals surface area (Å²) in [6, 6.07) is 0. The van der Waals surface area contributed by atoms with Crippen LogP contribution in [0.5, 0.6) is 0 Å². The van der Waals surface area contributed by atoms with E-state index in [0.717, 1.165) is 38.5 Å². The fraction of sp³-hybridized carbons (Fsp3) is 0.524. The van der Waals surface area contributed by atoms with Gasteiger partial charge in [-0.2, -0.15) is 4.31 Å². The predicted octanol–water partition coefficient (Wildman–Crippen LogP) is 3.07. The minimum absolute atomic E-state index is 0.00161. The van der Waals surface area contributed by atoms with Crippen molar-refractivity contribution in [3.63, 3.8) is 0 Å². The largest absolute Gasteiger partial charge is 0.340 e. The molecule has 2 aromatic rings. The molecule has 1 aliphatic rings. The van der Waals surface area contributed by atoms with Gasteiger partial charge in [-0.25, -0.2) is 13.4 Å². The monoisotopic (exact) mass is 435 g/mol. The van der Waals surface area contributed by atoms with E-state index in [-0.39, 0.29) is 12.3 Å². The lowest BCUT2D eigenvalue weighted by Gasteiger charge is -2.35. The summed E-state index contributed by atoms with van der Waals surface area (Å²) in [5.74, 6) is 0.00161. The third-order valence-electron chi connectivity index (χ3n) is 6.12. The molecule has 1 aromatic carbocycles. The average Bonchev–Trinajstić information content (AvgIpc) is 3.09. The first kappa shape index (κ1) is 21.9. The second kappa shape index (κ2) is 8.16. The number of thiazole rings is 1. The number of carbonyl (C=O) groups excluding carboxylic acids is 1. The molecule has 1 saturated heterocycles. The first-order valence-corrected chi connectivity index (χ1v) is 12.1. The molecule has 158 valence electrons. The molecule has 1 amide bonds. The van der Waals surface area contributed by atoms with Gasteiger partial charge in [0.05, 0.1) is 22.0 Å². The van der Waals surface area contributed by atoms with E-state index in [4.69, 9.17) is 0 Å². The summed E-state index contributed by atoms with van der Waals surface area (Å²) in [7, 11) is -3.61. The highest BCUT2D eigenvalue weighted by molar-refractivity contribution is 7.89. The molecular weight excluding hydrogens is 406 g/mol. The summed E-state index contributed by atoms with van der Waals surface area (Å²) < 4.78 is 28.4. The Kier molecular flexibility index (Phi) is 6.17. The van der Waals surface area contributed by atoms with E-state index in [1.54, 1.807) is 4.90 Å². The van der Waals surface area contributed by atoms with Crippen molar-refractivity contribution in [3.8, 4) is 0 Å². The van der Waals surface area contributed by atoms with Crippen LogP contribution in [0.2, 0.25) is 0 Å².